The lowest BCUT2D eigenvalue weighted by Crippen LogP contribution is -2.27. The largest absolute Gasteiger partial charge is 0.508 e. The molecule has 1 heterocycles. The van der Waals surface area contributed by atoms with Gasteiger partial charge in [0.2, 0.25) is 0 Å². The Bertz CT molecular complexity index is 773. The molecule has 0 bridgehead atoms. The zero-order chi connectivity index (χ0) is 18.7. The van der Waals surface area contributed by atoms with E-state index < -0.39 is 5.60 Å². The maximum atomic E-state index is 12.9. The number of hydrogen-bond donors (Lipinski definition) is 2. The standard InChI is InChI=1S/C22H27NO3/c1-3-4-7-12-22(2,26)19-13-16(10-11-20(19)24)21(25)23-14-17-8-5-6-9-18(17)15-23/h5-6,8-11,13,24,26H,3-4,7,12,14-15H2,1-2H3. The highest BCUT2D eigenvalue weighted by Gasteiger charge is 2.29. The third kappa shape index (κ3) is 3.75. The molecule has 0 saturated carbocycles. The number of benzene rings is 2. The number of carbonyl (C=O) groups is 1. The fourth-order valence-corrected chi connectivity index (χ4v) is 3.61. The molecule has 0 radical (unpaired) electrons. The lowest BCUT2D eigenvalue weighted by atomic mass is 9.88. The highest BCUT2D eigenvalue weighted by Crippen LogP contribution is 2.35. The topological polar surface area (TPSA) is 60.8 Å². The smallest absolute Gasteiger partial charge is 0.254 e. The molecule has 0 spiro atoms. The van der Waals surface area contributed by atoms with Crippen LogP contribution in [0.3, 0.4) is 0 Å². The van der Waals surface area contributed by atoms with Crippen LogP contribution in [0.2, 0.25) is 0 Å². The monoisotopic (exact) mass is 353 g/mol. The molecule has 1 amide bonds. The summed E-state index contributed by atoms with van der Waals surface area (Å²) in [5, 5.41) is 21.1. The van der Waals surface area contributed by atoms with Gasteiger partial charge in [-0.2, -0.15) is 0 Å². The third-order valence-corrected chi connectivity index (χ3v) is 5.22. The molecule has 4 nitrogen and oxygen atoms in total. The Morgan fingerprint density at radius 3 is 2.38 bits per heavy atom. The first-order chi connectivity index (χ1) is 12.4. The van der Waals surface area contributed by atoms with Crippen molar-refractivity contribution >= 4 is 5.91 Å². The van der Waals surface area contributed by atoms with Gasteiger partial charge in [-0.05, 0) is 42.7 Å². The summed E-state index contributed by atoms with van der Waals surface area (Å²) in [4.78, 5) is 14.7. The van der Waals surface area contributed by atoms with E-state index in [1.807, 2.05) is 24.3 Å². The predicted octanol–water partition coefficient (Wildman–Crippen LogP) is 4.34. The van der Waals surface area contributed by atoms with Gasteiger partial charge in [0, 0.05) is 24.2 Å². The van der Waals surface area contributed by atoms with Crippen LogP contribution >= 0.6 is 0 Å². The minimum Gasteiger partial charge on any atom is -0.508 e. The second kappa shape index (κ2) is 7.50. The van der Waals surface area contributed by atoms with Crippen LogP contribution in [0.1, 0.15) is 66.6 Å². The summed E-state index contributed by atoms with van der Waals surface area (Å²) in [7, 11) is 0. The van der Waals surface area contributed by atoms with Crippen molar-refractivity contribution in [3.8, 4) is 5.75 Å². The highest BCUT2D eigenvalue weighted by molar-refractivity contribution is 5.95. The molecule has 1 unspecified atom stereocenters. The second-order valence-electron chi connectivity index (χ2n) is 7.39. The fourth-order valence-electron chi connectivity index (χ4n) is 3.61. The van der Waals surface area contributed by atoms with Crippen LogP contribution in [0.4, 0.5) is 0 Å². The van der Waals surface area contributed by atoms with Crippen molar-refractivity contribution in [3.05, 3.63) is 64.7 Å². The number of fused-ring (bicyclic) bond motifs is 1. The number of aliphatic hydroxyl groups is 1. The summed E-state index contributed by atoms with van der Waals surface area (Å²) in [6.07, 6.45) is 3.53. The molecule has 1 aliphatic heterocycles. The molecule has 138 valence electrons. The summed E-state index contributed by atoms with van der Waals surface area (Å²) in [5.74, 6) is -0.0421. The highest BCUT2D eigenvalue weighted by atomic mass is 16.3. The minimum atomic E-state index is -1.15. The average Bonchev–Trinajstić information content (AvgIpc) is 3.05. The van der Waals surface area contributed by atoms with Gasteiger partial charge in [-0.1, -0.05) is 50.5 Å². The number of carbonyl (C=O) groups excluding carboxylic acids is 1. The van der Waals surface area contributed by atoms with E-state index in [4.69, 9.17) is 0 Å². The molecular weight excluding hydrogens is 326 g/mol. The molecule has 1 atom stereocenters. The van der Waals surface area contributed by atoms with Crippen LogP contribution in [0.5, 0.6) is 5.75 Å². The molecule has 0 fully saturated rings. The van der Waals surface area contributed by atoms with Crippen LogP contribution in [0, 0.1) is 0 Å². The normalized spacial score (nSPS) is 15.6. The van der Waals surface area contributed by atoms with Crippen molar-refractivity contribution in [2.45, 2.75) is 58.2 Å². The van der Waals surface area contributed by atoms with Crippen LogP contribution in [-0.4, -0.2) is 21.0 Å². The lowest BCUT2D eigenvalue weighted by Gasteiger charge is -2.26. The van der Waals surface area contributed by atoms with E-state index in [0.29, 0.717) is 30.6 Å². The molecule has 4 heteroatoms. The first-order valence-corrected chi connectivity index (χ1v) is 9.34. The lowest BCUT2D eigenvalue weighted by molar-refractivity contribution is 0.0425. The number of phenols is 1. The first-order valence-electron chi connectivity index (χ1n) is 9.34. The van der Waals surface area contributed by atoms with E-state index in [9.17, 15) is 15.0 Å². The van der Waals surface area contributed by atoms with Gasteiger partial charge < -0.3 is 15.1 Å². The zero-order valence-electron chi connectivity index (χ0n) is 15.5. The molecule has 0 aliphatic carbocycles. The van der Waals surface area contributed by atoms with Crippen LogP contribution in [0.15, 0.2) is 42.5 Å². The van der Waals surface area contributed by atoms with Gasteiger partial charge in [0.05, 0.1) is 5.60 Å². The van der Waals surface area contributed by atoms with Crippen molar-refractivity contribution in [1.29, 1.82) is 0 Å². The molecule has 26 heavy (non-hydrogen) atoms. The SMILES string of the molecule is CCCCCC(C)(O)c1cc(C(=O)N2Cc3ccccc3C2)ccc1O. The Morgan fingerprint density at radius 2 is 1.77 bits per heavy atom. The van der Waals surface area contributed by atoms with Gasteiger partial charge in [-0.15, -0.1) is 0 Å². The Kier molecular flexibility index (Phi) is 5.33. The van der Waals surface area contributed by atoms with Crippen LogP contribution < -0.4 is 0 Å². The van der Waals surface area contributed by atoms with Gasteiger partial charge in [-0.3, -0.25) is 4.79 Å². The van der Waals surface area contributed by atoms with Crippen molar-refractivity contribution in [2.75, 3.05) is 0 Å². The number of nitrogens with zero attached hydrogens (tertiary/aromatic N) is 1. The maximum Gasteiger partial charge on any atom is 0.254 e. The summed E-state index contributed by atoms with van der Waals surface area (Å²) in [6, 6.07) is 12.9. The Morgan fingerprint density at radius 1 is 1.12 bits per heavy atom. The number of aromatic hydroxyl groups is 1. The van der Waals surface area contributed by atoms with Gasteiger partial charge in [0.15, 0.2) is 0 Å². The van der Waals surface area contributed by atoms with Crippen molar-refractivity contribution in [1.82, 2.24) is 4.90 Å². The van der Waals surface area contributed by atoms with E-state index in [2.05, 4.69) is 6.92 Å². The summed E-state index contributed by atoms with van der Waals surface area (Å²) < 4.78 is 0. The van der Waals surface area contributed by atoms with E-state index in [0.717, 1.165) is 19.3 Å². The molecule has 3 rings (SSSR count). The Labute approximate surface area is 155 Å². The van der Waals surface area contributed by atoms with E-state index in [1.54, 1.807) is 24.0 Å². The molecule has 2 N–H and O–H groups in total. The van der Waals surface area contributed by atoms with Crippen molar-refractivity contribution in [3.63, 3.8) is 0 Å². The molecule has 2 aromatic carbocycles. The van der Waals surface area contributed by atoms with Crippen LogP contribution in [0.25, 0.3) is 0 Å². The maximum absolute atomic E-state index is 12.9. The molecule has 0 saturated heterocycles. The predicted molar refractivity (Wildman–Crippen MR) is 102 cm³/mol. The van der Waals surface area contributed by atoms with E-state index in [-0.39, 0.29) is 11.7 Å². The quantitative estimate of drug-likeness (QED) is 0.760. The molecule has 2 aromatic rings. The summed E-state index contributed by atoms with van der Waals surface area (Å²) in [6.45, 7) is 5.01. The first kappa shape index (κ1) is 18.5. The Balaban J connectivity index is 1.80. The summed E-state index contributed by atoms with van der Waals surface area (Å²) in [5.41, 5.74) is 2.12. The van der Waals surface area contributed by atoms with Crippen molar-refractivity contribution < 1.29 is 15.0 Å². The zero-order valence-corrected chi connectivity index (χ0v) is 15.5. The van der Waals surface area contributed by atoms with Crippen molar-refractivity contribution in [2.24, 2.45) is 0 Å². The number of amides is 1. The number of unbranched alkanes of at least 4 members (excludes halogenated alkanes) is 2. The third-order valence-electron chi connectivity index (χ3n) is 5.22. The fraction of sp³-hybridized carbons (Fsp3) is 0.409. The number of rotatable bonds is 6. The molecule has 1 aliphatic rings. The average molecular weight is 353 g/mol. The number of phenolic OH excluding ortho intramolecular Hbond substituents is 1. The van der Waals surface area contributed by atoms with Gasteiger partial charge in [0.1, 0.15) is 5.75 Å². The van der Waals surface area contributed by atoms with E-state index >= 15 is 0 Å². The van der Waals surface area contributed by atoms with E-state index in [1.165, 1.54) is 17.2 Å². The second-order valence-corrected chi connectivity index (χ2v) is 7.39. The molecular formula is C22H27NO3. The number of hydrogen-bond acceptors (Lipinski definition) is 3. The van der Waals surface area contributed by atoms with Crippen LogP contribution in [-0.2, 0) is 18.7 Å². The van der Waals surface area contributed by atoms with Gasteiger partial charge in [-0.25, -0.2) is 0 Å². The van der Waals surface area contributed by atoms with Gasteiger partial charge in [0.25, 0.3) is 5.91 Å². The Hall–Kier alpha value is -2.33. The van der Waals surface area contributed by atoms with Gasteiger partial charge >= 0.3 is 0 Å². The minimum absolute atomic E-state index is 0.0350. The molecule has 0 aromatic heterocycles. The summed E-state index contributed by atoms with van der Waals surface area (Å²) >= 11 is 0.